The Morgan fingerprint density at radius 1 is 1.47 bits per heavy atom. The van der Waals surface area contributed by atoms with Gasteiger partial charge in [0.2, 0.25) is 5.91 Å². The van der Waals surface area contributed by atoms with Crippen LogP contribution < -0.4 is 5.32 Å². The third kappa shape index (κ3) is 7.22. The zero-order valence-electron chi connectivity index (χ0n) is 10.6. The molecule has 0 aliphatic rings. The van der Waals surface area contributed by atoms with Crippen molar-refractivity contribution in [3.63, 3.8) is 0 Å². The molecule has 0 spiro atoms. The van der Waals surface area contributed by atoms with Crippen molar-refractivity contribution in [2.45, 2.75) is 30.7 Å². The normalized spacial score (nSPS) is 11.9. The minimum Gasteiger partial charge on any atom is -0.481 e. The standard InChI is InChI=1S/C13H16BrNO3S/c1-9(5-6-13(17)18)15-12(16)8-19-11-4-2-3-10(14)7-11/h2-4,7,9H,5-6,8H2,1H3,(H,15,16)(H,17,18). The molecule has 2 N–H and O–H groups in total. The van der Waals surface area contributed by atoms with Crippen LogP contribution in [0.3, 0.4) is 0 Å². The number of hydrogen-bond acceptors (Lipinski definition) is 3. The number of carbonyl (C=O) groups excluding carboxylic acids is 1. The van der Waals surface area contributed by atoms with Gasteiger partial charge in [0.05, 0.1) is 5.75 Å². The molecule has 0 aliphatic carbocycles. The van der Waals surface area contributed by atoms with E-state index in [4.69, 9.17) is 5.11 Å². The lowest BCUT2D eigenvalue weighted by Crippen LogP contribution is -2.34. The predicted octanol–water partition coefficient (Wildman–Crippen LogP) is 2.91. The van der Waals surface area contributed by atoms with Crippen LogP contribution in [0.2, 0.25) is 0 Å². The SMILES string of the molecule is CC(CCC(=O)O)NC(=O)CSc1cccc(Br)c1. The van der Waals surface area contributed by atoms with Crippen molar-refractivity contribution in [1.29, 1.82) is 0 Å². The second-order valence-electron chi connectivity index (χ2n) is 4.15. The van der Waals surface area contributed by atoms with Crippen molar-refractivity contribution in [1.82, 2.24) is 5.32 Å². The number of halogens is 1. The number of rotatable bonds is 7. The summed E-state index contributed by atoms with van der Waals surface area (Å²) < 4.78 is 0.979. The molecule has 0 fully saturated rings. The van der Waals surface area contributed by atoms with Gasteiger partial charge in [-0.2, -0.15) is 0 Å². The number of aliphatic carboxylic acids is 1. The van der Waals surface area contributed by atoms with Gasteiger partial charge in [0.15, 0.2) is 0 Å². The Labute approximate surface area is 125 Å². The third-order valence-electron chi connectivity index (χ3n) is 2.36. The smallest absolute Gasteiger partial charge is 0.303 e. The first kappa shape index (κ1) is 16.0. The third-order valence-corrected chi connectivity index (χ3v) is 3.85. The van der Waals surface area contributed by atoms with Crippen molar-refractivity contribution in [2.75, 3.05) is 5.75 Å². The molecule has 0 heterocycles. The molecule has 19 heavy (non-hydrogen) atoms. The van der Waals surface area contributed by atoms with Gasteiger partial charge in [0, 0.05) is 21.8 Å². The fourth-order valence-electron chi connectivity index (χ4n) is 1.43. The summed E-state index contributed by atoms with van der Waals surface area (Å²) in [5.74, 6) is -0.596. The van der Waals surface area contributed by atoms with E-state index in [1.165, 1.54) is 11.8 Å². The highest BCUT2D eigenvalue weighted by atomic mass is 79.9. The van der Waals surface area contributed by atoms with Crippen molar-refractivity contribution in [3.8, 4) is 0 Å². The van der Waals surface area contributed by atoms with Crippen LogP contribution in [0.25, 0.3) is 0 Å². The molecular weight excluding hydrogens is 330 g/mol. The van der Waals surface area contributed by atoms with Crippen LogP contribution in [-0.4, -0.2) is 28.8 Å². The topological polar surface area (TPSA) is 66.4 Å². The van der Waals surface area contributed by atoms with E-state index < -0.39 is 5.97 Å². The number of thioether (sulfide) groups is 1. The van der Waals surface area contributed by atoms with Gasteiger partial charge in [0.25, 0.3) is 0 Å². The van der Waals surface area contributed by atoms with Gasteiger partial charge >= 0.3 is 5.97 Å². The van der Waals surface area contributed by atoms with Crippen LogP contribution in [0.1, 0.15) is 19.8 Å². The van der Waals surface area contributed by atoms with E-state index in [-0.39, 0.29) is 18.4 Å². The van der Waals surface area contributed by atoms with Gasteiger partial charge in [-0.15, -0.1) is 11.8 Å². The van der Waals surface area contributed by atoms with E-state index in [0.29, 0.717) is 12.2 Å². The van der Waals surface area contributed by atoms with Gasteiger partial charge in [0.1, 0.15) is 0 Å². The van der Waals surface area contributed by atoms with Crippen LogP contribution in [0.4, 0.5) is 0 Å². The number of benzene rings is 1. The summed E-state index contributed by atoms with van der Waals surface area (Å²) in [6, 6.07) is 7.62. The number of carboxylic acids is 1. The molecule has 0 bridgehead atoms. The molecule has 104 valence electrons. The molecule has 0 saturated heterocycles. The lowest BCUT2D eigenvalue weighted by atomic mass is 10.2. The molecule has 1 aromatic rings. The lowest BCUT2D eigenvalue weighted by molar-refractivity contribution is -0.137. The van der Waals surface area contributed by atoms with Crippen molar-refractivity contribution in [2.24, 2.45) is 0 Å². The van der Waals surface area contributed by atoms with Crippen molar-refractivity contribution >= 4 is 39.6 Å². The molecule has 6 heteroatoms. The van der Waals surface area contributed by atoms with Crippen LogP contribution >= 0.6 is 27.7 Å². The number of carboxylic acid groups (broad SMARTS) is 1. The maximum absolute atomic E-state index is 11.7. The molecule has 4 nitrogen and oxygen atoms in total. The van der Waals surface area contributed by atoms with E-state index in [9.17, 15) is 9.59 Å². The second kappa shape index (κ2) is 8.22. The number of hydrogen-bond donors (Lipinski definition) is 2. The van der Waals surface area contributed by atoms with E-state index in [2.05, 4.69) is 21.2 Å². The average molecular weight is 346 g/mol. The van der Waals surface area contributed by atoms with E-state index in [1.54, 1.807) is 0 Å². The Kier molecular flexibility index (Phi) is 6.94. The molecule has 1 atom stereocenters. The summed E-state index contributed by atoms with van der Waals surface area (Å²) in [6.07, 6.45) is 0.517. The zero-order chi connectivity index (χ0) is 14.3. The molecule has 0 radical (unpaired) electrons. The fourth-order valence-corrected chi connectivity index (χ4v) is 2.75. The summed E-state index contributed by atoms with van der Waals surface area (Å²) in [7, 11) is 0. The molecule has 0 aliphatic heterocycles. The highest BCUT2D eigenvalue weighted by molar-refractivity contribution is 9.10. The molecule has 0 aromatic heterocycles. The van der Waals surface area contributed by atoms with Gasteiger partial charge in [-0.1, -0.05) is 22.0 Å². The van der Waals surface area contributed by atoms with Crippen LogP contribution in [0.15, 0.2) is 33.6 Å². The largest absolute Gasteiger partial charge is 0.481 e. The second-order valence-corrected chi connectivity index (χ2v) is 6.11. The molecular formula is C13H16BrNO3S. The van der Waals surface area contributed by atoms with E-state index in [0.717, 1.165) is 9.37 Å². The van der Waals surface area contributed by atoms with Crippen LogP contribution in [0, 0.1) is 0 Å². The maximum Gasteiger partial charge on any atom is 0.303 e. The summed E-state index contributed by atoms with van der Waals surface area (Å²) >= 11 is 4.82. The Balaban J connectivity index is 2.29. The average Bonchev–Trinajstić information content (AvgIpc) is 2.34. The molecule has 1 rings (SSSR count). The monoisotopic (exact) mass is 345 g/mol. The number of nitrogens with one attached hydrogen (secondary N) is 1. The molecule has 0 saturated carbocycles. The van der Waals surface area contributed by atoms with Gasteiger partial charge in [-0.25, -0.2) is 0 Å². The first-order chi connectivity index (χ1) is 8.97. The van der Waals surface area contributed by atoms with E-state index >= 15 is 0 Å². The summed E-state index contributed by atoms with van der Waals surface area (Å²) in [5, 5.41) is 11.3. The maximum atomic E-state index is 11.7. The minimum absolute atomic E-state index is 0.0697. The Morgan fingerprint density at radius 3 is 2.84 bits per heavy atom. The summed E-state index contributed by atoms with van der Waals surface area (Å²) in [5.41, 5.74) is 0. The minimum atomic E-state index is -0.843. The van der Waals surface area contributed by atoms with Gasteiger partial charge in [-0.3, -0.25) is 9.59 Å². The van der Waals surface area contributed by atoms with Crippen molar-refractivity contribution < 1.29 is 14.7 Å². The molecule has 1 unspecified atom stereocenters. The summed E-state index contributed by atoms with van der Waals surface area (Å²) in [6.45, 7) is 1.81. The van der Waals surface area contributed by atoms with Gasteiger partial charge < -0.3 is 10.4 Å². The van der Waals surface area contributed by atoms with Crippen LogP contribution in [0.5, 0.6) is 0 Å². The van der Waals surface area contributed by atoms with Crippen LogP contribution in [-0.2, 0) is 9.59 Å². The quantitative estimate of drug-likeness (QED) is 0.745. The highest BCUT2D eigenvalue weighted by Gasteiger charge is 2.09. The van der Waals surface area contributed by atoms with Crippen molar-refractivity contribution in [3.05, 3.63) is 28.7 Å². The lowest BCUT2D eigenvalue weighted by Gasteiger charge is -2.12. The predicted molar refractivity (Wildman–Crippen MR) is 79.3 cm³/mol. The fraction of sp³-hybridized carbons (Fsp3) is 0.385. The number of amides is 1. The summed E-state index contributed by atoms with van der Waals surface area (Å²) in [4.78, 5) is 23.1. The first-order valence-corrected chi connectivity index (χ1v) is 7.64. The Morgan fingerprint density at radius 2 is 2.21 bits per heavy atom. The zero-order valence-corrected chi connectivity index (χ0v) is 13.0. The van der Waals surface area contributed by atoms with Gasteiger partial charge in [-0.05, 0) is 31.5 Å². The number of carbonyl (C=O) groups is 2. The molecule has 1 amide bonds. The Bertz CT molecular complexity index is 453. The first-order valence-electron chi connectivity index (χ1n) is 5.87. The Hall–Kier alpha value is -1.01. The highest BCUT2D eigenvalue weighted by Crippen LogP contribution is 2.21. The molecule has 1 aromatic carbocycles. The van der Waals surface area contributed by atoms with E-state index in [1.807, 2.05) is 31.2 Å².